The Bertz CT molecular complexity index is 1590. The number of anilines is 2. The zero-order valence-corrected chi connectivity index (χ0v) is 18.0. The second kappa shape index (κ2) is 7.58. The summed E-state index contributed by atoms with van der Waals surface area (Å²) in [6.45, 7) is 5.42. The number of aromatic amines is 1. The third-order valence-corrected chi connectivity index (χ3v) is 6.84. The Morgan fingerprint density at radius 3 is 2.59 bits per heavy atom. The molecule has 0 aliphatic rings. The summed E-state index contributed by atoms with van der Waals surface area (Å²) >= 11 is 0. The first-order chi connectivity index (χ1) is 15.5. The van der Waals surface area contributed by atoms with Crippen molar-refractivity contribution >= 4 is 43.0 Å². The number of pyridine rings is 2. The van der Waals surface area contributed by atoms with Gasteiger partial charge >= 0.3 is 0 Å². The standard InChI is InChI=1S/C24H19N5O2S/c1-3-32(30,31)18-6-4-17(5-7-18)28-23-12-20-16(13-26-23)10-11-25-24(20)19-8-9-22-21(15(19)2)14-27-29-22/h3-14H,1H2,2H3,(H,26,28)(H,27,29). The van der Waals surface area contributed by atoms with Crippen LogP contribution in [0.5, 0.6) is 0 Å². The van der Waals surface area contributed by atoms with Crippen LogP contribution >= 0.6 is 0 Å². The van der Waals surface area contributed by atoms with Gasteiger partial charge in [-0.2, -0.15) is 5.10 Å². The molecule has 0 aliphatic heterocycles. The van der Waals surface area contributed by atoms with Gasteiger partial charge in [0.15, 0.2) is 9.84 Å². The highest BCUT2D eigenvalue weighted by Crippen LogP contribution is 2.33. The third kappa shape index (κ3) is 3.40. The number of benzene rings is 2. The fourth-order valence-electron chi connectivity index (χ4n) is 3.74. The first-order valence-corrected chi connectivity index (χ1v) is 11.4. The van der Waals surface area contributed by atoms with Crippen molar-refractivity contribution in [1.82, 2.24) is 20.2 Å². The molecule has 0 amide bonds. The van der Waals surface area contributed by atoms with E-state index in [1.807, 2.05) is 30.5 Å². The molecule has 0 unspecified atom stereocenters. The van der Waals surface area contributed by atoms with Crippen LogP contribution in [0.15, 0.2) is 84.0 Å². The molecular formula is C24H19N5O2S. The largest absolute Gasteiger partial charge is 0.340 e. The second-order valence-electron chi connectivity index (χ2n) is 7.38. The highest BCUT2D eigenvalue weighted by atomic mass is 32.2. The number of aryl methyl sites for hydroxylation is 1. The molecule has 32 heavy (non-hydrogen) atoms. The lowest BCUT2D eigenvalue weighted by Crippen LogP contribution is -1.98. The minimum Gasteiger partial charge on any atom is -0.340 e. The summed E-state index contributed by atoms with van der Waals surface area (Å²) in [5.41, 5.74) is 4.70. The van der Waals surface area contributed by atoms with Gasteiger partial charge in [0, 0.05) is 45.2 Å². The number of nitrogens with one attached hydrogen (secondary N) is 2. The van der Waals surface area contributed by atoms with Gasteiger partial charge in [-0.1, -0.05) is 12.6 Å². The van der Waals surface area contributed by atoms with Gasteiger partial charge in [0.1, 0.15) is 5.82 Å². The number of hydrogen-bond acceptors (Lipinski definition) is 6. The molecule has 0 spiro atoms. The maximum Gasteiger partial charge on any atom is 0.199 e. The molecule has 5 rings (SSSR count). The SMILES string of the molecule is C=CS(=O)(=O)c1ccc(Nc2cc3c(-c4ccc5[nH]ncc5c4C)nccc3cn2)cc1. The summed E-state index contributed by atoms with van der Waals surface area (Å²) in [4.78, 5) is 9.36. The second-order valence-corrected chi connectivity index (χ2v) is 9.28. The summed E-state index contributed by atoms with van der Waals surface area (Å²) in [6, 6.07) is 14.4. The molecule has 0 bridgehead atoms. The van der Waals surface area contributed by atoms with Gasteiger partial charge in [-0.25, -0.2) is 13.4 Å². The minimum atomic E-state index is -3.46. The van der Waals surface area contributed by atoms with E-state index in [1.165, 1.54) is 12.1 Å². The van der Waals surface area contributed by atoms with Crippen LogP contribution in [0.4, 0.5) is 11.5 Å². The molecule has 2 aromatic carbocycles. The van der Waals surface area contributed by atoms with Crippen molar-refractivity contribution < 1.29 is 8.42 Å². The lowest BCUT2D eigenvalue weighted by atomic mass is 9.98. The lowest BCUT2D eigenvalue weighted by Gasteiger charge is -2.12. The molecule has 0 aliphatic carbocycles. The van der Waals surface area contributed by atoms with Crippen LogP contribution in [0.2, 0.25) is 0 Å². The van der Waals surface area contributed by atoms with Crippen molar-refractivity contribution in [3.63, 3.8) is 0 Å². The zero-order chi connectivity index (χ0) is 22.3. The van der Waals surface area contributed by atoms with E-state index >= 15 is 0 Å². The van der Waals surface area contributed by atoms with Crippen LogP contribution in [-0.2, 0) is 9.84 Å². The van der Waals surface area contributed by atoms with Crippen molar-refractivity contribution in [2.75, 3.05) is 5.32 Å². The first-order valence-electron chi connectivity index (χ1n) is 9.89. The zero-order valence-electron chi connectivity index (χ0n) is 17.2. The van der Waals surface area contributed by atoms with Crippen LogP contribution < -0.4 is 5.32 Å². The number of rotatable bonds is 5. The van der Waals surface area contributed by atoms with E-state index in [-0.39, 0.29) is 4.90 Å². The molecular weight excluding hydrogens is 422 g/mol. The van der Waals surface area contributed by atoms with Gasteiger partial charge in [0.2, 0.25) is 0 Å². The quantitative estimate of drug-likeness (QED) is 0.392. The van der Waals surface area contributed by atoms with Gasteiger partial charge in [-0.3, -0.25) is 10.1 Å². The fraction of sp³-hybridized carbons (Fsp3) is 0.0417. The summed E-state index contributed by atoms with van der Waals surface area (Å²) in [5.74, 6) is 0.633. The molecule has 3 heterocycles. The summed E-state index contributed by atoms with van der Waals surface area (Å²) in [7, 11) is -3.46. The molecule has 5 aromatic rings. The van der Waals surface area contributed by atoms with Crippen molar-refractivity contribution in [3.8, 4) is 11.3 Å². The van der Waals surface area contributed by atoms with Gasteiger partial charge in [0.05, 0.1) is 22.3 Å². The smallest absolute Gasteiger partial charge is 0.199 e. The van der Waals surface area contributed by atoms with Crippen LogP contribution in [0.1, 0.15) is 5.56 Å². The van der Waals surface area contributed by atoms with Gasteiger partial charge < -0.3 is 5.32 Å². The highest BCUT2D eigenvalue weighted by molar-refractivity contribution is 7.94. The van der Waals surface area contributed by atoms with Gasteiger partial charge in [-0.15, -0.1) is 0 Å². The molecule has 0 radical (unpaired) electrons. The van der Waals surface area contributed by atoms with Crippen molar-refractivity contribution in [2.24, 2.45) is 0 Å². The topological polar surface area (TPSA) is 101 Å². The highest BCUT2D eigenvalue weighted by Gasteiger charge is 2.13. The average Bonchev–Trinajstić information content (AvgIpc) is 3.29. The number of aromatic nitrogens is 4. The first kappa shape index (κ1) is 19.9. The Balaban J connectivity index is 1.55. The van der Waals surface area contributed by atoms with E-state index in [1.54, 1.807) is 24.5 Å². The molecule has 7 nitrogen and oxygen atoms in total. The van der Waals surface area contributed by atoms with Crippen molar-refractivity contribution in [1.29, 1.82) is 0 Å². The van der Waals surface area contributed by atoms with E-state index in [0.29, 0.717) is 5.82 Å². The molecule has 0 saturated carbocycles. The van der Waals surface area contributed by atoms with Crippen LogP contribution in [0.25, 0.3) is 32.9 Å². The van der Waals surface area contributed by atoms with Crippen molar-refractivity contribution in [3.05, 3.63) is 84.7 Å². The number of fused-ring (bicyclic) bond motifs is 2. The summed E-state index contributed by atoms with van der Waals surface area (Å²) < 4.78 is 23.8. The molecule has 2 N–H and O–H groups in total. The summed E-state index contributed by atoms with van der Waals surface area (Å²) in [5, 5.41) is 14.3. The molecule has 8 heteroatoms. The predicted molar refractivity (Wildman–Crippen MR) is 126 cm³/mol. The minimum absolute atomic E-state index is 0.195. The molecule has 3 aromatic heterocycles. The van der Waals surface area contributed by atoms with Crippen LogP contribution in [0.3, 0.4) is 0 Å². The maximum absolute atomic E-state index is 11.9. The molecule has 0 fully saturated rings. The molecule has 0 atom stereocenters. The normalized spacial score (nSPS) is 11.7. The Hall–Kier alpha value is -4.04. The Kier molecular flexibility index (Phi) is 4.71. The fourth-order valence-corrected chi connectivity index (χ4v) is 4.44. The lowest BCUT2D eigenvalue weighted by molar-refractivity contribution is 0.605. The van der Waals surface area contributed by atoms with E-state index in [0.717, 1.165) is 49.6 Å². The van der Waals surface area contributed by atoms with E-state index < -0.39 is 9.84 Å². The van der Waals surface area contributed by atoms with E-state index in [9.17, 15) is 8.42 Å². The van der Waals surface area contributed by atoms with E-state index in [4.69, 9.17) is 0 Å². The predicted octanol–water partition coefficient (Wildman–Crippen LogP) is 5.14. The van der Waals surface area contributed by atoms with Crippen molar-refractivity contribution in [2.45, 2.75) is 11.8 Å². The van der Waals surface area contributed by atoms with Gasteiger partial charge in [-0.05, 0) is 55.0 Å². The number of sulfone groups is 1. The monoisotopic (exact) mass is 441 g/mol. The number of H-pyrrole nitrogens is 1. The Labute approximate surface area is 184 Å². The van der Waals surface area contributed by atoms with Crippen LogP contribution in [0, 0.1) is 6.92 Å². The van der Waals surface area contributed by atoms with E-state index in [2.05, 4.69) is 39.0 Å². The van der Waals surface area contributed by atoms with Gasteiger partial charge in [0.25, 0.3) is 0 Å². The molecule has 158 valence electrons. The maximum atomic E-state index is 11.9. The average molecular weight is 442 g/mol. The van der Waals surface area contributed by atoms with Crippen LogP contribution in [-0.4, -0.2) is 28.6 Å². The third-order valence-electron chi connectivity index (χ3n) is 5.47. The Morgan fingerprint density at radius 2 is 1.81 bits per heavy atom. The Morgan fingerprint density at radius 1 is 1.00 bits per heavy atom. The number of nitrogens with zero attached hydrogens (tertiary/aromatic N) is 3. The molecule has 0 saturated heterocycles. The summed E-state index contributed by atoms with van der Waals surface area (Å²) in [6.07, 6.45) is 5.40. The number of hydrogen-bond donors (Lipinski definition) is 2.